The van der Waals surface area contributed by atoms with Crippen molar-refractivity contribution in [3.63, 3.8) is 0 Å². The lowest BCUT2D eigenvalue weighted by Crippen LogP contribution is -2.30. The highest BCUT2D eigenvalue weighted by atomic mass is 35.5. The molecule has 9 heteroatoms. The van der Waals surface area contributed by atoms with Crippen LogP contribution in [0, 0.1) is 0 Å². The number of hydrogen-bond donors (Lipinski definition) is 1. The molecule has 0 bridgehead atoms. The number of likely N-dealkylation sites (tertiary alicyclic amines) is 1. The molecular formula is C25H26ClN4O3S+. The van der Waals surface area contributed by atoms with Crippen molar-refractivity contribution in [3.05, 3.63) is 74.7 Å². The molecule has 2 amide bonds. The SMILES string of the molecule is CN1CCc2nc(NC(=O)c3cccc([C@H]4CCCN4C(=O)c4ccc([OH2+])c(Cl)c4)c3)sc2C1. The monoisotopic (exact) mass is 497 g/mol. The standard InChI is InChI=1S/C25H25ClN4O3S/c1-29-11-9-19-22(14-29)34-25(27-19)28-23(32)16-5-2-4-15(12-16)20-6-3-10-30(20)24(33)17-7-8-21(31)18(26)13-17/h2,4-5,7-8,12-13,20,31H,3,6,9-11,14H2,1H3,(H,27,28,32)/p+1/t20-/m1/s1. The number of carbonyl (C=O) groups excluding carboxylic acids is 2. The minimum Gasteiger partial charge on any atom is -0.592 e. The van der Waals surface area contributed by atoms with Crippen LogP contribution in [0.15, 0.2) is 42.5 Å². The van der Waals surface area contributed by atoms with Crippen molar-refractivity contribution >= 4 is 39.9 Å². The Morgan fingerprint density at radius 2 is 2.03 bits per heavy atom. The lowest BCUT2D eigenvalue weighted by molar-refractivity contribution is 0.0735. The number of rotatable bonds is 4. The number of hydrogen-bond acceptors (Lipinski definition) is 5. The molecule has 1 saturated heterocycles. The Morgan fingerprint density at radius 1 is 1.18 bits per heavy atom. The van der Waals surface area contributed by atoms with E-state index < -0.39 is 0 Å². The van der Waals surface area contributed by atoms with Crippen LogP contribution < -0.4 is 5.32 Å². The summed E-state index contributed by atoms with van der Waals surface area (Å²) < 4.78 is 0. The second kappa shape index (κ2) is 9.37. The first-order valence-corrected chi connectivity index (χ1v) is 12.5. The van der Waals surface area contributed by atoms with Gasteiger partial charge in [0.2, 0.25) is 0 Å². The molecule has 0 aliphatic carbocycles. The van der Waals surface area contributed by atoms with Gasteiger partial charge < -0.3 is 14.9 Å². The van der Waals surface area contributed by atoms with E-state index in [1.165, 1.54) is 16.2 Å². The van der Waals surface area contributed by atoms with E-state index in [4.69, 9.17) is 16.7 Å². The van der Waals surface area contributed by atoms with Crippen LogP contribution in [0.1, 0.15) is 55.7 Å². The van der Waals surface area contributed by atoms with E-state index >= 15 is 0 Å². The summed E-state index contributed by atoms with van der Waals surface area (Å²) >= 11 is 7.61. The highest BCUT2D eigenvalue weighted by molar-refractivity contribution is 7.15. The van der Waals surface area contributed by atoms with Crippen LogP contribution in [0.2, 0.25) is 5.02 Å². The molecule has 7 nitrogen and oxygen atoms in total. The van der Waals surface area contributed by atoms with Crippen LogP contribution in [0.4, 0.5) is 5.13 Å². The van der Waals surface area contributed by atoms with Crippen LogP contribution in [-0.2, 0) is 13.0 Å². The number of nitrogens with zero attached hydrogens (tertiary/aromatic N) is 3. The van der Waals surface area contributed by atoms with Crippen LogP contribution in [0.5, 0.6) is 5.75 Å². The van der Waals surface area contributed by atoms with Crippen LogP contribution >= 0.6 is 22.9 Å². The van der Waals surface area contributed by atoms with Crippen molar-refractivity contribution < 1.29 is 14.7 Å². The van der Waals surface area contributed by atoms with Crippen molar-refractivity contribution in [2.24, 2.45) is 0 Å². The zero-order chi connectivity index (χ0) is 23.8. The summed E-state index contributed by atoms with van der Waals surface area (Å²) in [7, 11) is 2.09. The summed E-state index contributed by atoms with van der Waals surface area (Å²) in [4.78, 5) is 36.1. The molecule has 0 spiro atoms. The molecule has 1 aromatic heterocycles. The molecular weight excluding hydrogens is 472 g/mol. The van der Waals surface area contributed by atoms with Crippen molar-refractivity contribution in [3.8, 4) is 5.75 Å². The molecule has 3 N–H and O–H groups in total. The molecule has 176 valence electrons. The highest BCUT2D eigenvalue weighted by Crippen LogP contribution is 2.35. The van der Waals surface area contributed by atoms with E-state index in [1.54, 1.807) is 24.3 Å². The Balaban J connectivity index is 1.33. The van der Waals surface area contributed by atoms with Gasteiger partial charge >= 0.3 is 0 Å². The molecule has 3 aromatic rings. The average molecular weight is 498 g/mol. The Kier molecular flexibility index (Phi) is 6.29. The molecule has 34 heavy (non-hydrogen) atoms. The fourth-order valence-corrected chi connectivity index (χ4v) is 5.87. The lowest BCUT2D eigenvalue weighted by atomic mass is 10.0. The predicted molar refractivity (Wildman–Crippen MR) is 134 cm³/mol. The van der Waals surface area contributed by atoms with Gasteiger partial charge in [0.15, 0.2) is 5.13 Å². The molecule has 0 radical (unpaired) electrons. The largest absolute Gasteiger partial charge is 0.592 e. The van der Waals surface area contributed by atoms with E-state index in [0.717, 1.165) is 43.6 Å². The summed E-state index contributed by atoms with van der Waals surface area (Å²) in [6.45, 7) is 2.47. The summed E-state index contributed by atoms with van der Waals surface area (Å²) in [6.07, 6.45) is 2.61. The number of benzene rings is 2. The van der Waals surface area contributed by atoms with Gasteiger partial charge in [-0.15, -0.1) is 11.3 Å². The van der Waals surface area contributed by atoms with Crippen molar-refractivity contribution in [2.75, 3.05) is 25.5 Å². The number of halogens is 1. The summed E-state index contributed by atoms with van der Waals surface area (Å²) in [5.41, 5.74) is 3.02. The summed E-state index contributed by atoms with van der Waals surface area (Å²) in [5.74, 6) is -0.115. The van der Waals surface area contributed by atoms with E-state index in [9.17, 15) is 9.59 Å². The number of fused-ring (bicyclic) bond motifs is 1. The third-order valence-corrected chi connectivity index (χ3v) is 7.72. The molecule has 2 aliphatic heterocycles. The van der Waals surface area contributed by atoms with Gasteiger partial charge in [0, 0.05) is 48.1 Å². The van der Waals surface area contributed by atoms with Crippen molar-refractivity contribution in [2.45, 2.75) is 31.8 Å². The van der Waals surface area contributed by atoms with Crippen LogP contribution in [-0.4, -0.2) is 51.8 Å². The smallest absolute Gasteiger partial charge is 0.272 e. The van der Waals surface area contributed by atoms with Gasteiger partial charge in [0.1, 0.15) is 5.02 Å². The van der Waals surface area contributed by atoms with Crippen LogP contribution in [0.25, 0.3) is 0 Å². The zero-order valence-corrected chi connectivity index (χ0v) is 20.4. The molecule has 5 rings (SSSR count). The molecule has 2 aliphatic rings. The molecule has 0 unspecified atom stereocenters. The second-order valence-electron chi connectivity index (χ2n) is 8.81. The minimum atomic E-state index is -0.199. The Hall–Kier alpha value is -2.94. The Bertz CT molecular complexity index is 1260. The fraction of sp³-hybridized carbons (Fsp3) is 0.320. The third kappa shape index (κ3) is 4.53. The maximum atomic E-state index is 13.2. The Morgan fingerprint density at radius 3 is 2.85 bits per heavy atom. The predicted octanol–water partition coefficient (Wildman–Crippen LogP) is 4.45. The number of amides is 2. The number of thiazole rings is 1. The maximum Gasteiger partial charge on any atom is 0.272 e. The molecule has 3 heterocycles. The van der Waals surface area contributed by atoms with E-state index in [0.29, 0.717) is 22.8 Å². The van der Waals surface area contributed by atoms with E-state index in [-0.39, 0.29) is 28.6 Å². The molecule has 0 saturated carbocycles. The molecule has 2 aromatic carbocycles. The first-order valence-electron chi connectivity index (χ1n) is 11.3. The third-order valence-electron chi connectivity index (χ3n) is 6.41. The van der Waals surface area contributed by atoms with E-state index in [2.05, 4.69) is 22.2 Å². The van der Waals surface area contributed by atoms with Crippen LogP contribution in [0.3, 0.4) is 0 Å². The van der Waals surface area contributed by atoms with E-state index in [1.807, 2.05) is 23.1 Å². The maximum absolute atomic E-state index is 13.2. The lowest BCUT2D eigenvalue weighted by Gasteiger charge is -2.25. The quantitative estimate of drug-likeness (QED) is 0.539. The number of likely N-dealkylation sites (N-methyl/N-ethyl adjacent to an activating group) is 1. The normalized spacial score (nSPS) is 18.1. The van der Waals surface area contributed by atoms with Crippen molar-refractivity contribution in [1.82, 2.24) is 14.8 Å². The zero-order valence-electron chi connectivity index (χ0n) is 18.8. The average Bonchev–Trinajstić information content (AvgIpc) is 3.47. The topological polar surface area (TPSA) is 88.4 Å². The number of nitrogens with one attached hydrogen (secondary N) is 1. The van der Waals surface area contributed by atoms with Gasteiger partial charge in [-0.3, -0.25) is 14.9 Å². The fourth-order valence-electron chi connectivity index (χ4n) is 4.60. The van der Waals surface area contributed by atoms with Gasteiger partial charge in [-0.25, -0.2) is 4.98 Å². The van der Waals surface area contributed by atoms with Crippen molar-refractivity contribution in [1.29, 1.82) is 0 Å². The number of aromatic nitrogens is 1. The highest BCUT2D eigenvalue weighted by Gasteiger charge is 2.31. The summed E-state index contributed by atoms with van der Waals surface area (Å²) in [6, 6.07) is 12.1. The molecule has 1 fully saturated rings. The van der Waals surface area contributed by atoms with Gasteiger partial charge in [0.05, 0.1) is 11.7 Å². The van der Waals surface area contributed by atoms with Gasteiger partial charge in [-0.05, 0) is 49.7 Å². The first-order chi connectivity index (χ1) is 16.4. The summed E-state index contributed by atoms with van der Waals surface area (Å²) in [5, 5.41) is 11.6. The van der Waals surface area contributed by atoms with Gasteiger partial charge in [-0.1, -0.05) is 23.7 Å². The minimum absolute atomic E-state index is 0.113. The second-order valence-corrected chi connectivity index (χ2v) is 10.3. The first kappa shape index (κ1) is 22.8. The Labute approximate surface area is 207 Å². The molecule has 1 atom stereocenters. The number of carbonyl (C=O) groups is 2. The van der Waals surface area contributed by atoms with Gasteiger partial charge in [0.25, 0.3) is 17.6 Å². The van der Waals surface area contributed by atoms with Gasteiger partial charge in [-0.2, -0.15) is 0 Å². The number of anilines is 1.